The molecular formula is C5H9NO4S. The molecule has 6 heteroatoms. The fraction of sp³-hybridized carbons (Fsp3) is 0.800. The average Bonchev–Trinajstić information content (AvgIpc) is 1.51. The summed E-state index contributed by atoms with van der Waals surface area (Å²) < 4.78 is 21.3. The number of rotatable bonds is 2. The van der Waals surface area contributed by atoms with Crippen molar-refractivity contribution in [2.45, 2.75) is 18.1 Å². The molecular weight excluding hydrogens is 170 g/mol. The molecule has 0 aromatic rings. The molecule has 64 valence electrons. The topological polar surface area (TPSA) is 97.5 Å². The van der Waals surface area contributed by atoms with Crippen LogP contribution in [0.3, 0.4) is 0 Å². The monoisotopic (exact) mass is 179 g/mol. The molecule has 0 heterocycles. The summed E-state index contributed by atoms with van der Waals surface area (Å²) in [4.78, 5) is 10.3. The van der Waals surface area contributed by atoms with Crippen LogP contribution < -0.4 is 5.14 Å². The number of carboxylic acid groups (broad SMARTS) is 1. The Labute approximate surface area is 64.2 Å². The zero-order chi connectivity index (χ0) is 8.65. The molecule has 11 heavy (non-hydrogen) atoms. The number of sulfonamides is 1. The third-order valence-electron chi connectivity index (χ3n) is 1.95. The Morgan fingerprint density at radius 2 is 2.00 bits per heavy atom. The normalized spacial score (nSPS) is 31.0. The average molecular weight is 179 g/mol. The molecule has 0 aromatic heterocycles. The van der Waals surface area contributed by atoms with Crippen LogP contribution in [0.15, 0.2) is 0 Å². The van der Waals surface area contributed by atoms with Crippen LogP contribution in [-0.4, -0.2) is 24.7 Å². The summed E-state index contributed by atoms with van der Waals surface area (Å²) in [6.07, 6.45) is 0.784. The van der Waals surface area contributed by atoms with Crippen LogP contribution in [0.4, 0.5) is 0 Å². The minimum absolute atomic E-state index is 0.371. The fourth-order valence-electron chi connectivity index (χ4n) is 1.15. The lowest BCUT2D eigenvalue weighted by atomic mass is 9.85. The standard InChI is InChI=1S/C5H9NO4S/c6-11(9,10)4-2-1-3(4)5(7)8/h3-4H,1-2H2,(H,7,8)(H2,6,9,10). The highest BCUT2D eigenvalue weighted by atomic mass is 32.2. The van der Waals surface area contributed by atoms with Crippen LogP contribution in [0.2, 0.25) is 0 Å². The summed E-state index contributed by atoms with van der Waals surface area (Å²) in [5.41, 5.74) is 0. The minimum atomic E-state index is -3.64. The molecule has 0 bridgehead atoms. The van der Waals surface area contributed by atoms with Crippen LogP contribution >= 0.6 is 0 Å². The van der Waals surface area contributed by atoms with E-state index in [0.29, 0.717) is 12.8 Å². The molecule has 2 atom stereocenters. The number of nitrogens with two attached hydrogens (primary N) is 1. The summed E-state index contributed by atoms with van der Waals surface area (Å²) in [7, 11) is -3.64. The lowest BCUT2D eigenvalue weighted by Crippen LogP contribution is -2.46. The molecule has 0 amide bonds. The first-order valence-corrected chi connectivity index (χ1v) is 4.78. The van der Waals surface area contributed by atoms with E-state index in [1.54, 1.807) is 0 Å². The minimum Gasteiger partial charge on any atom is -0.481 e. The van der Waals surface area contributed by atoms with E-state index in [9.17, 15) is 13.2 Å². The van der Waals surface area contributed by atoms with Gasteiger partial charge in [-0.3, -0.25) is 4.79 Å². The number of aliphatic carboxylic acids is 1. The van der Waals surface area contributed by atoms with E-state index in [0.717, 1.165) is 0 Å². The van der Waals surface area contributed by atoms with E-state index < -0.39 is 27.2 Å². The van der Waals surface area contributed by atoms with Crippen LogP contribution in [0.1, 0.15) is 12.8 Å². The smallest absolute Gasteiger partial charge is 0.307 e. The number of primary sulfonamides is 1. The van der Waals surface area contributed by atoms with Crippen molar-refractivity contribution in [1.82, 2.24) is 0 Å². The number of carboxylic acids is 1. The third-order valence-corrected chi connectivity index (χ3v) is 3.36. The molecule has 0 spiro atoms. The molecule has 1 rings (SSSR count). The van der Waals surface area contributed by atoms with Crippen LogP contribution in [0, 0.1) is 5.92 Å². The number of hydrogen-bond acceptors (Lipinski definition) is 3. The van der Waals surface area contributed by atoms with Gasteiger partial charge in [0.15, 0.2) is 0 Å². The summed E-state index contributed by atoms with van der Waals surface area (Å²) in [6, 6.07) is 0. The molecule has 1 saturated carbocycles. The van der Waals surface area contributed by atoms with Gasteiger partial charge in [-0.05, 0) is 12.8 Å². The van der Waals surface area contributed by atoms with E-state index >= 15 is 0 Å². The van der Waals surface area contributed by atoms with Gasteiger partial charge in [-0.2, -0.15) is 0 Å². The zero-order valence-corrected chi connectivity index (χ0v) is 6.54. The lowest BCUT2D eigenvalue weighted by molar-refractivity contribution is -0.144. The van der Waals surface area contributed by atoms with Gasteiger partial charge in [0.2, 0.25) is 10.0 Å². The zero-order valence-electron chi connectivity index (χ0n) is 5.73. The highest BCUT2D eigenvalue weighted by Gasteiger charge is 2.43. The van der Waals surface area contributed by atoms with Crippen molar-refractivity contribution in [1.29, 1.82) is 0 Å². The summed E-state index contributed by atoms with van der Waals surface area (Å²) in [6.45, 7) is 0. The second kappa shape index (κ2) is 2.46. The number of carbonyl (C=O) groups is 1. The molecule has 0 saturated heterocycles. The first-order chi connectivity index (χ1) is 4.93. The molecule has 5 nitrogen and oxygen atoms in total. The van der Waals surface area contributed by atoms with Gasteiger partial charge < -0.3 is 5.11 Å². The predicted molar refractivity (Wildman–Crippen MR) is 37.3 cm³/mol. The summed E-state index contributed by atoms with van der Waals surface area (Å²) >= 11 is 0. The Morgan fingerprint density at radius 3 is 2.09 bits per heavy atom. The largest absolute Gasteiger partial charge is 0.481 e. The molecule has 1 fully saturated rings. The van der Waals surface area contributed by atoms with E-state index in [1.165, 1.54) is 0 Å². The quantitative estimate of drug-likeness (QED) is 0.576. The van der Waals surface area contributed by atoms with E-state index in [2.05, 4.69) is 0 Å². The van der Waals surface area contributed by atoms with Crippen LogP contribution in [0.25, 0.3) is 0 Å². The maximum atomic E-state index is 10.6. The first-order valence-electron chi connectivity index (χ1n) is 3.17. The Morgan fingerprint density at radius 1 is 1.45 bits per heavy atom. The van der Waals surface area contributed by atoms with Gasteiger partial charge in [0.25, 0.3) is 0 Å². The summed E-state index contributed by atoms with van der Waals surface area (Å²) in [5.74, 6) is -1.86. The van der Waals surface area contributed by atoms with Gasteiger partial charge >= 0.3 is 5.97 Å². The SMILES string of the molecule is NS(=O)(=O)C1CCC1C(=O)O. The van der Waals surface area contributed by atoms with Crippen LogP contribution in [0.5, 0.6) is 0 Å². The highest BCUT2D eigenvalue weighted by molar-refractivity contribution is 7.89. The molecule has 1 aliphatic rings. The molecule has 1 aliphatic carbocycles. The van der Waals surface area contributed by atoms with E-state index in [-0.39, 0.29) is 0 Å². The maximum Gasteiger partial charge on any atom is 0.307 e. The fourth-order valence-corrected chi connectivity index (χ4v) is 2.32. The Hall–Kier alpha value is -0.620. The van der Waals surface area contributed by atoms with Gasteiger partial charge in [-0.25, -0.2) is 13.6 Å². The van der Waals surface area contributed by atoms with Crippen molar-refractivity contribution in [3.8, 4) is 0 Å². The molecule has 3 N–H and O–H groups in total. The van der Waals surface area contributed by atoms with Crippen molar-refractivity contribution in [3.63, 3.8) is 0 Å². The van der Waals surface area contributed by atoms with Crippen molar-refractivity contribution in [2.75, 3.05) is 0 Å². The Balaban J connectivity index is 2.72. The molecule has 0 aromatic carbocycles. The van der Waals surface area contributed by atoms with Gasteiger partial charge in [0.1, 0.15) is 0 Å². The second-order valence-corrected chi connectivity index (χ2v) is 4.43. The lowest BCUT2D eigenvalue weighted by Gasteiger charge is -2.30. The maximum absolute atomic E-state index is 10.6. The first kappa shape index (κ1) is 8.48. The number of hydrogen-bond donors (Lipinski definition) is 2. The molecule has 2 unspecified atom stereocenters. The van der Waals surface area contributed by atoms with Crippen molar-refractivity contribution < 1.29 is 18.3 Å². The van der Waals surface area contributed by atoms with Gasteiger partial charge in [-0.15, -0.1) is 0 Å². The third kappa shape index (κ3) is 1.51. The van der Waals surface area contributed by atoms with Gasteiger partial charge in [-0.1, -0.05) is 0 Å². The van der Waals surface area contributed by atoms with E-state index in [4.69, 9.17) is 10.2 Å². The van der Waals surface area contributed by atoms with Gasteiger partial charge in [0, 0.05) is 0 Å². The second-order valence-electron chi connectivity index (χ2n) is 2.65. The molecule has 0 radical (unpaired) electrons. The van der Waals surface area contributed by atoms with Crippen molar-refractivity contribution in [3.05, 3.63) is 0 Å². The van der Waals surface area contributed by atoms with E-state index in [1.807, 2.05) is 0 Å². The van der Waals surface area contributed by atoms with Crippen molar-refractivity contribution in [2.24, 2.45) is 11.1 Å². The predicted octanol–water partition coefficient (Wildman–Crippen LogP) is -0.862. The highest BCUT2D eigenvalue weighted by Crippen LogP contribution is 2.32. The van der Waals surface area contributed by atoms with Crippen LogP contribution in [-0.2, 0) is 14.8 Å². The Bertz CT molecular complexity index is 270. The summed E-state index contributed by atoms with van der Waals surface area (Å²) in [5, 5.41) is 12.4. The molecule has 0 aliphatic heterocycles. The Kier molecular flexibility index (Phi) is 1.89. The van der Waals surface area contributed by atoms with Gasteiger partial charge in [0.05, 0.1) is 11.2 Å². The van der Waals surface area contributed by atoms with Crippen molar-refractivity contribution >= 4 is 16.0 Å².